The van der Waals surface area contributed by atoms with Crippen LogP contribution in [0.3, 0.4) is 0 Å². The van der Waals surface area contributed by atoms with E-state index in [4.69, 9.17) is 9.97 Å². The zero-order valence-corrected chi connectivity index (χ0v) is 15.3. The molecule has 0 bridgehead atoms. The summed E-state index contributed by atoms with van der Waals surface area (Å²) in [6.07, 6.45) is 1.86. The molecule has 4 heteroatoms. The fraction of sp³-hybridized carbons (Fsp3) is 0.500. The highest BCUT2D eigenvalue weighted by Crippen LogP contribution is 2.26. The van der Waals surface area contributed by atoms with Gasteiger partial charge in [0.15, 0.2) is 0 Å². The molecule has 0 unspecified atom stereocenters. The Bertz CT molecular complexity index is 718. The van der Waals surface area contributed by atoms with Gasteiger partial charge in [0.25, 0.3) is 0 Å². The third-order valence-corrected chi connectivity index (χ3v) is 4.81. The molecule has 0 radical (unpaired) electrons. The number of aromatic nitrogens is 2. The first-order chi connectivity index (χ1) is 11.6. The average molecular weight is 324 g/mol. The maximum atomic E-state index is 4.84. The molecular formula is C20H28N4. The van der Waals surface area contributed by atoms with Crippen molar-refractivity contribution in [1.29, 1.82) is 0 Å². The van der Waals surface area contributed by atoms with Crippen molar-refractivity contribution in [2.24, 2.45) is 0 Å². The van der Waals surface area contributed by atoms with E-state index in [1.807, 2.05) is 6.92 Å². The maximum Gasteiger partial charge on any atom is 0.136 e. The molecular weight excluding hydrogens is 296 g/mol. The Morgan fingerprint density at radius 2 is 1.83 bits per heavy atom. The quantitative estimate of drug-likeness (QED) is 0.939. The molecule has 1 aliphatic rings. The van der Waals surface area contributed by atoms with Gasteiger partial charge in [-0.05, 0) is 38.3 Å². The summed E-state index contributed by atoms with van der Waals surface area (Å²) in [6.45, 7) is 12.6. The van der Waals surface area contributed by atoms with E-state index >= 15 is 0 Å². The van der Waals surface area contributed by atoms with Crippen LogP contribution < -0.4 is 10.2 Å². The monoisotopic (exact) mass is 324 g/mol. The van der Waals surface area contributed by atoms with Crippen LogP contribution in [0.4, 0.5) is 5.82 Å². The highest BCUT2D eigenvalue weighted by molar-refractivity contribution is 5.53. The van der Waals surface area contributed by atoms with Crippen LogP contribution in [-0.2, 0) is 12.8 Å². The van der Waals surface area contributed by atoms with Gasteiger partial charge in [0.1, 0.15) is 11.6 Å². The van der Waals surface area contributed by atoms with Crippen molar-refractivity contribution in [3.05, 3.63) is 52.0 Å². The second-order valence-corrected chi connectivity index (χ2v) is 6.72. The van der Waals surface area contributed by atoms with Crippen LogP contribution in [0.15, 0.2) is 18.2 Å². The van der Waals surface area contributed by atoms with Crippen molar-refractivity contribution >= 4 is 5.82 Å². The van der Waals surface area contributed by atoms with Gasteiger partial charge >= 0.3 is 0 Å². The number of hydrogen-bond acceptors (Lipinski definition) is 4. The van der Waals surface area contributed by atoms with E-state index in [-0.39, 0.29) is 0 Å². The smallest absolute Gasteiger partial charge is 0.136 e. The maximum absolute atomic E-state index is 4.84. The Labute approximate surface area is 145 Å². The highest BCUT2D eigenvalue weighted by Gasteiger charge is 2.20. The SMILES string of the molecule is CCc1nc(C)nc(N2CCNCC2)c1Cc1cc(C)ccc1C. The molecule has 1 aromatic heterocycles. The molecule has 0 aliphatic carbocycles. The zero-order chi connectivity index (χ0) is 17.1. The van der Waals surface area contributed by atoms with Gasteiger partial charge in [0.05, 0.1) is 0 Å². The van der Waals surface area contributed by atoms with Gasteiger partial charge in [-0.3, -0.25) is 0 Å². The number of rotatable bonds is 4. The lowest BCUT2D eigenvalue weighted by Gasteiger charge is -2.31. The van der Waals surface area contributed by atoms with Gasteiger partial charge < -0.3 is 10.2 Å². The van der Waals surface area contributed by atoms with E-state index < -0.39 is 0 Å². The number of benzene rings is 1. The first-order valence-electron chi connectivity index (χ1n) is 8.96. The summed E-state index contributed by atoms with van der Waals surface area (Å²) in [5.74, 6) is 2.02. The third-order valence-electron chi connectivity index (χ3n) is 4.81. The van der Waals surface area contributed by atoms with Gasteiger partial charge in [-0.25, -0.2) is 9.97 Å². The molecule has 1 aromatic carbocycles. The molecule has 0 spiro atoms. The van der Waals surface area contributed by atoms with Crippen LogP contribution >= 0.6 is 0 Å². The number of hydrogen-bond donors (Lipinski definition) is 1. The molecule has 0 saturated carbocycles. The highest BCUT2D eigenvalue weighted by atomic mass is 15.2. The van der Waals surface area contributed by atoms with Crippen molar-refractivity contribution < 1.29 is 0 Å². The van der Waals surface area contributed by atoms with Crippen LogP contribution in [0.25, 0.3) is 0 Å². The second-order valence-electron chi connectivity index (χ2n) is 6.72. The van der Waals surface area contributed by atoms with Crippen LogP contribution in [0.5, 0.6) is 0 Å². The van der Waals surface area contributed by atoms with Gasteiger partial charge in [-0.2, -0.15) is 0 Å². The molecule has 1 aliphatic heterocycles. The van der Waals surface area contributed by atoms with Crippen molar-refractivity contribution in [1.82, 2.24) is 15.3 Å². The summed E-state index contributed by atoms with van der Waals surface area (Å²) in [4.78, 5) is 12.0. The summed E-state index contributed by atoms with van der Waals surface area (Å²) in [7, 11) is 0. The summed E-state index contributed by atoms with van der Waals surface area (Å²) in [5, 5.41) is 3.43. The second kappa shape index (κ2) is 7.31. The topological polar surface area (TPSA) is 41.1 Å². The van der Waals surface area contributed by atoms with Crippen molar-refractivity contribution in [2.75, 3.05) is 31.1 Å². The van der Waals surface area contributed by atoms with Gasteiger partial charge in [0.2, 0.25) is 0 Å². The largest absolute Gasteiger partial charge is 0.354 e. The molecule has 24 heavy (non-hydrogen) atoms. The summed E-state index contributed by atoms with van der Waals surface area (Å²) < 4.78 is 0. The Hall–Kier alpha value is -1.94. The minimum absolute atomic E-state index is 0.880. The molecule has 3 rings (SSSR count). The van der Waals surface area contributed by atoms with E-state index in [1.165, 1.54) is 27.9 Å². The Kier molecular flexibility index (Phi) is 5.14. The predicted octanol–water partition coefficient (Wildman–Crippen LogP) is 2.96. The fourth-order valence-corrected chi connectivity index (χ4v) is 3.43. The summed E-state index contributed by atoms with van der Waals surface area (Å²) in [6, 6.07) is 6.70. The molecule has 1 saturated heterocycles. The lowest BCUT2D eigenvalue weighted by Crippen LogP contribution is -2.44. The van der Waals surface area contributed by atoms with Gasteiger partial charge in [-0.1, -0.05) is 30.7 Å². The number of piperazine rings is 1. The first kappa shape index (κ1) is 16.9. The average Bonchev–Trinajstić information content (AvgIpc) is 2.59. The summed E-state index contributed by atoms with van der Waals surface area (Å²) in [5.41, 5.74) is 6.53. The fourth-order valence-electron chi connectivity index (χ4n) is 3.43. The van der Waals surface area contributed by atoms with E-state index in [0.29, 0.717) is 0 Å². The van der Waals surface area contributed by atoms with Crippen LogP contribution in [0, 0.1) is 20.8 Å². The third kappa shape index (κ3) is 3.59. The predicted molar refractivity (Wildman–Crippen MR) is 100.0 cm³/mol. The van der Waals surface area contributed by atoms with Crippen molar-refractivity contribution in [2.45, 2.75) is 40.5 Å². The molecule has 2 aromatic rings. The minimum Gasteiger partial charge on any atom is -0.354 e. The van der Waals surface area contributed by atoms with E-state index in [0.717, 1.165) is 50.7 Å². The Morgan fingerprint density at radius 1 is 1.08 bits per heavy atom. The Morgan fingerprint density at radius 3 is 2.54 bits per heavy atom. The molecule has 4 nitrogen and oxygen atoms in total. The van der Waals surface area contributed by atoms with Gasteiger partial charge in [0, 0.05) is 43.9 Å². The molecule has 0 amide bonds. The number of aryl methyl sites for hydroxylation is 4. The minimum atomic E-state index is 0.880. The van der Waals surface area contributed by atoms with Crippen molar-refractivity contribution in [3.63, 3.8) is 0 Å². The Balaban J connectivity index is 2.05. The van der Waals surface area contributed by atoms with E-state index in [1.54, 1.807) is 0 Å². The zero-order valence-electron chi connectivity index (χ0n) is 15.3. The lowest BCUT2D eigenvalue weighted by molar-refractivity contribution is 0.581. The van der Waals surface area contributed by atoms with E-state index in [2.05, 4.69) is 49.2 Å². The van der Waals surface area contributed by atoms with Crippen LogP contribution in [-0.4, -0.2) is 36.1 Å². The molecule has 1 fully saturated rings. The summed E-state index contributed by atoms with van der Waals surface area (Å²) >= 11 is 0. The van der Waals surface area contributed by atoms with Crippen LogP contribution in [0.2, 0.25) is 0 Å². The lowest BCUT2D eigenvalue weighted by atomic mass is 9.96. The standard InChI is InChI=1S/C20H28N4/c1-5-19-18(13-17-12-14(2)6-7-15(17)3)20(23-16(4)22-19)24-10-8-21-9-11-24/h6-7,12,21H,5,8-11,13H2,1-4H3. The molecule has 0 atom stereocenters. The normalized spacial score (nSPS) is 14.9. The molecule has 128 valence electrons. The number of nitrogens with zero attached hydrogens (tertiary/aromatic N) is 3. The van der Waals surface area contributed by atoms with Crippen LogP contribution in [0.1, 0.15) is 40.7 Å². The number of anilines is 1. The number of nitrogens with one attached hydrogen (secondary N) is 1. The van der Waals surface area contributed by atoms with E-state index in [9.17, 15) is 0 Å². The molecule has 2 heterocycles. The molecule has 1 N–H and O–H groups in total. The van der Waals surface area contributed by atoms with Gasteiger partial charge in [-0.15, -0.1) is 0 Å². The van der Waals surface area contributed by atoms with Crippen molar-refractivity contribution in [3.8, 4) is 0 Å². The first-order valence-corrected chi connectivity index (χ1v) is 8.96.